The minimum atomic E-state index is -1.79. The standard InChI is InChI=1S/C16H11NO5/c18-13-14(19)22-17-15(20)16(21-13,11-7-3-1-4-8-11)12-9-5-2-6-10-12/h1-10H,(H,17,20). The summed E-state index contributed by atoms with van der Waals surface area (Å²) in [5, 5.41) is 0. The molecule has 0 spiro atoms. The summed E-state index contributed by atoms with van der Waals surface area (Å²) < 4.78 is 5.27. The minimum Gasteiger partial charge on any atom is -0.430 e. The zero-order valence-corrected chi connectivity index (χ0v) is 11.3. The van der Waals surface area contributed by atoms with E-state index in [2.05, 4.69) is 4.84 Å². The molecular weight excluding hydrogens is 286 g/mol. The molecule has 0 aliphatic carbocycles. The normalized spacial score (nSPS) is 17.0. The Hall–Kier alpha value is -3.15. The van der Waals surface area contributed by atoms with E-state index >= 15 is 0 Å². The maximum absolute atomic E-state index is 12.6. The van der Waals surface area contributed by atoms with Crippen molar-refractivity contribution in [1.82, 2.24) is 5.48 Å². The van der Waals surface area contributed by atoms with E-state index in [0.29, 0.717) is 11.1 Å². The minimum absolute atomic E-state index is 0.408. The van der Waals surface area contributed by atoms with Crippen molar-refractivity contribution in [2.45, 2.75) is 5.60 Å². The van der Waals surface area contributed by atoms with Gasteiger partial charge >= 0.3 is 17.8 Å². The lowest BCUT2D eigenvalue weighted by atomic mass is 9.85. The van der Waals surface area contributed by atoms with Crippen LogP contribution < -0.4 is 5.48 Å². The number of esters is 1. The summed E-state index contributed by atoms with van der Waals surface area (Å²) in [6.45, 7) is 0. The molecule has 1 saturated heterocycles. The van der Waals surface area contributed by atoms with Gasteiger partial charge in [0.25, 0.3) is 0 Å². The Labute approximate surface area is 125 Å². The number of carbonyl (C=O) groups excluding carboxylic acids is 3. The van der Waals surface area contributed by atoms with Gasteiger partial charge in [0.15, 0.2) is 0 Å². The fourth-order valence-electron chi connectivity index (χ4n) is 2.33. The van der Waals surface area contributed by atoms with Crippen LogP contribution in [-0.2, 0) is 29.6 Å². The van der Waals surface area contributed by atoms with Crippen molar-refractivity contribution in [3.05, 3.63) is 71.8 Å². The van der Waals surface area contributed by atoms with Crippen molar-refractivity contribution in [2.24, 2.45) is 0 Å². The van der Waals surface area contributed by atoms with Gasteiger partial charge in [-0.2, -0.15) is 5.48 Å². The molecule has 2 aromatic carbocycles. The van der Waals surface area contributed by atoms with Gasteiger partial charge in [-0.05, 0) is 0 Å². The second-order valence-corrected chi connectivity index (χ2v) is 4.62. The summed E-state index contributed by atoms with van der Waals surface area (Å²) >= 11 is 0. The average Bonchev–Trinajstić information content (AvgIpc) is 2.68. The third kappa shape index (κ3) is 2.10. The predicted molar refractivity (Wildman–Crippen MR) is 74.0 cm³/mol. The van der Waals surface area contributed by atoms with Crippen LogP contribution in [0.5, 0.6) is 0 Å². The van der Waals surface area contributed by atoms with Gasteiger partial charge in [0, 0.05) is 11.1 Å². The monoisotopic (exact) mass is 297 g/mol. The van der Waals surface area contributed by atoms with Crippen LogP contribution in [-0.4, -0.2) is 17.8 Å². The van der Waals surface area contributed by atoms with Gasteiger partial charge < -0.3 is 9.57 Å². The molecule has 0 aromatic heterocycles. The molecule has 6 heteroatoms. The number of nitrogens with one attached hydrogen (secondary N) is 1. The van der Waals surface area contributed by atoms with Crippen molar-refractivity contribution < 1.29 is 24.0 Å². The van der Waals surface area contributed by atoms with E-state index in [-0.39, 0.29) is 0 Å². The maximum Gasteiger partial charge on any atom is 0.441 e. The van der Waals surface area contributed by atoms with Crippen LogP contribution >= 0.6 is 0 Å². The maximum atomic E-state index is 12.6. The van der Waals surface area contributed by atoms with Gasteiger partial charge in [0.1, 0.15) is 0 Å². The van der Waals surface area contributed by atoms with Crippen molar-refractivity contribution in [1.29, 1.82) is 0 Å². The largest absolute Gasteiger partial charge is 0.441 e. The fraction of sp³-hybridized carbons (Fsp3) is 0.0625. The van der Waals surface area contributed by atoms with Gasteiger partial charge in [-0.1, -0.05) is 60.7 Å². The lowest BCUT2D eigenvalue weighted by Crippen LogP contribution is -2.45. The van der Waals surface area contributed by atoms with Crippen LogP contribution in [0.4, 0.5) is 0 Å². The van der Waals surface area contributed by atoms with Crippen LogP contribution in [0.15, 0.2) is 60.7 Å². The Kier molecular flexibility index (Phi) is 3.34. The van der Waals surface area contributed by atoms with Crippen LogP contribution in [0, 0.1) is 0 Å². The highest BCUT2D eigenvalue weighted by Crippen LogP contribution is 2.35. The zero-order chi connectivity index (χ0) is 15.6. The van der Waals surface area contributed by atoms with Gasteiger partial charge in [0.2, 0.25) is 5.60 Å². The Morgan fingerprint density at radius 1 is 0.727 bits per heavy atom. The van der Waals surface area contributed by atoms with E-state index in [9.17, 15) is 14.4 Å². The molecule has 1 N–H and O–H groups in total. The molecule has 1 amide bonds. The van der Waals surface area contributed by atoms with Gasteiger partial charge in [-0.25, -0.2) is 9.59 Å². The number of hydrogen-bond acceptors (Lipinski definition) is 5. The molecule has 0 saturated carbocycles. The smallest absolute Gasteiger partial charge is 0.430 e. The molecule has 6 nitrogen and oxygen atoms in total. The summed E-state index contributed by atoms with van der Waals surface area (Å²) in [5.74, 6) is -3.28. The Morgan fingerprint density at radius 2 is 1.23 bits per heavy atom. The third-order valence-electron chi connectivity index (χ3n) is 3.33. The molecular formula is C16H11NO5. The molecule has 3 rings (SSSR count). The second-order valence-electron chi connectivity index (χ2n) is 4.62. The summed E-state index contributed by atoms with van der Waals surface area (Å²) in [5.41, 5.74) is 1.01. The highest BCUT2D eigenvalue weighted by Gasteiger charge is 2.50. The molecule has 1 aliphatic rings. The van der Waals surface area contributed by atoms with E-state index in [4.69, 9.17) is 4.74 Å². The second kappa shape index (κ2) is 5.33. The number of cyclic esters (lactones) is 1. The van der Waals surface area contributed by atoms with Gasteiger partial charge in [0.05, 0.1) is 0 Å². The van der Waals surface area contributed by atoms with Crippen molar-refractivity contribution >= 4 is 17.8 Å². The Morgan fingerprint density at radius 3 is 1.73 bits per heavy atom. The van der Waals surface area contributed by atoms with Crippen LogP contribution in [0.3, 0.4) is 0 Å². The topological polar surface area (TPSA) is 81.7 Å². The van der Waals surface area contributed by atoms with Gasteiger partial charge in [-0.3, -0.25) is 4.79 Å². The summed E-state index contributed by atoms with van der Waals surface area (Å²) in [6, 6.07) is 16.9. The number of hydrogen-bond donors (Lipinski definition) is 1. The quantitative estimate of drug-likeness (QED) is 0.662. The average molecular weight is 297 g/mol. The molecule has 22 heavy (non-hydrogen) atoms. The van der Waals surface area contributed by atoms with Crippen LogP contribution in [0.25, 0.3) is 0 Å². The Bertz CT molecular complexity index is 687. The number of hydroxylamine groups is 1. The first-order valence-corrected chi connectivity index (χ1v) is 6.50. The first kappa shape index (κ1) is 13.8. The lowest BCUT2D eigenvalue weighted by Gasteiger charge is -2.29. The highest BCUT2D eigenvalue weighted by atomic mass is 16.7. The number of ether oxygens (including phenoxy) is 1. The fourth-order valence-corrected chi connectivity index (χ4v) is 2.33. The summed E-state index contributed by atoms with van der Waals surface area (Å²) in [4.78, 5) is 40.2. The molecule has 0 unspecified atom stereocenters. The van der Waals surface area contributed by atoms with Crippen molar-refractivity contribution in [3.63, 3.8) is 0 Å². The first-order valence-electron chi connectivity index (χ1n) is 6.50. The van der Waals surface area contributed by atoms with Gasteiger partial charge in [-0.15, -0.1) is 0 Å². The third-order valence-corrected chi connectivity index (χ3v) is 3.33. The van der Waals surface area contributed by atoms with E-state index in [1.165, 1.54) is 0 Å². The first-order chi connectivity index (χ1) is 10.6. The number of rotatable bonds is 2. The molecule has 2 aromatic rings. The molecule has 1 heterocycles. The molecule has 0 bridgehead atoms. The van der Waals surface area contributed by atoms with Crippen LogP contribution in [0.1, 0.15) is 11.1 Å². The molecule has 0 radical (unpaired) electrons. The SMILES string of the molecule is O=C1ONC(=O)C(c2ccccc2)(c2ccccc2)OC1=O. The van der Waals surface area contributed by atoms with E-state index in [0.717, 1.165) is 0 Å². The zero-order valence-electron chi connectivity index (χ0n) is 11.3. The number of amides is 1. The van der Waals surface area contributed by atoms with E-state index < -0.39 is 23.4 Å². The number of carbonyl (C=O) groups is 3. The molecule has 1 fully saturated rings. The number of benzene rings is 2. The molecule has 0 atom stereocenters. The Balaban J connectivity index is 2.25. The highest BCUT2D eigenvalue weighted by molar-refractivity contribution is 6.30. The van der Waals surface area contributed by atoms with E-state index in [1.807, 2.05) is 5.48 Å². The molecule has 110 valence electrons. The van der Waals surface area contributed by atoms with Crippen LogP contribution in [0.2, 0.25) is 0 Å². The summed E-state index contributed by atoms with van der Waals surface area (Å²) in [7, 11) is 0. The van der Waals surface area contributed by atoms with Crippen molar-refractivity contribution in [2.75, 3.05) is 0 Å². The van der Waals surface area contributed by atoms with E-state index in [1.54, 1.807) is 60.7 Å². The predicted octanol–water partition coefficient (Wildman–Crippen LogP) is 1.06. The molecule has 1 aliphatic heterocycles. The summed E-state index contributed by atoms with van der Waals surface area (Å²) in [6.07, 6.45) is 0. The van der Waals surface area contributed by atoms with Crippen molar-refractivity contribution in [3.8, 4) is 0 Å². The lowest BCUT2D eigenvalue weighted by molar-refractivity contribution is -0.171.